The predicted molar refractivity (Wildman–Crippen MR) is 116 cm³/mol. The Morgan fingerprint density at radius 1 is 1.26 bits per heavy atom. The quantitative estimate of drug-likeness (QED) is 0.444. The van der Waals surface area contributed by atoms with E-state index in [0.29, 0.717) is 34.5 Å². The number of carbonyl (C=O) groups excluding carboxylic acids is 1. The Hall–Kier alpha value is -3.43. The number of nitrogens with one attached hydrogen (secondary N) is 2. The van der Waals surface area contributed by atoms with E-state index in [-0.39, 0.29) is 24.2 Å². The molecule has 1 amide bonds. The first-order chi connectivity index (χ1) is 14.8. The number of aromatic amines is 1. The van der Waals surface area contributed by atoms with Crippen LogP contribution in [0.2, 0.25) is 5.02 Å². The van der Waals surface area contributed by atoms with Crippen LogP contribution in [0.4, 0.5) is 5.69 Å². The van der Waals surface area contributed by atoms with Crippen LogP contribution in [0.15, 0.2) is 39.9 Å². The number of nitrogens with two attached hydrogens (primary N) is 1. The highest BCUT2D eigenvalue weighted by molar-refractivity contribution is 6.31. The number of hydrogen-bond acceptors (Lipinski definition) is 5. The molecule has 0 saturated carbocycles. The third-order valence-electron chi connectivity index (χ3n) is 5.41. The molecular weight excluding hydrogens is 424 g/mol. The highest BCUT2D eigenvalue weighted by Crippen LogP contribution is 2.32. The van der Waals surface area contributed by atoms with Crippen LogP contribution in [0.3, 0.4) is 0 Å². The lowest BCUT2D eigenvalue weighted by Crippen LogP contribution is -2.41. The number of aryl methyl sites for hydroxylation is 1. The first-order valence-corrected chi connectivity index (χ1v) is 9.99. The molecule has 0 fully saturated rings. The molecule has 0 saturated heterocycles. The molecule has 31 heavy (non-hydrogen) atoms. The van der Waals surface area contributed by atoms with E-state index in [1.165, 1.54) is 16.7 Å². The Morgan fingerprint density at radius 3 is 2.74 bits per heavy atom. The number of amides is 1. The van der Waals surface area contributed by atoms with E-state index in [2.05, 4.69) is 10.3 Å². The largest absolute Gasteiger partial charge is 0.478 e. The van der Waals surface area contributed by atoms with Crippen LogP contribution in [0.5, 0.6) is 0 Å². The first kappa shape index (κ1) is 20.8. The van der Waals surface area contributed by atoms with Gasteiger partial charge in [0.1, 0.15) is 0 Å². The van der Waals surface area contributed by atoms with Gasteiger partial charge in [-0.15, -0.1) is 0 Å². The Kier molecular flexibility index (Phi) is 5.38. The molecule has 0 bridgehead atoms. The molecular formula is C21H19ClN4O5. The summed E-state index contributed by atoms with van der Waals surface area (Å²) in [6.45, 7) is 0.168. The summed E-state index contributed by atoms with van der Waals surface area (Å²) in [7, 11) is 0. The molecule has 2 heterocycles. The third-order valence-corrected chi connectivity index (χ3v) is 5.63. The van der Waals surface area contributed by atoms with Crippen molar-refractivity contribution in [3.05, 3.63) is 72.8 Å². The van der Waals surface area contributed by atoms with Gasteiger partial charge in [0, 0.05) is 24.0 Å². The Labute approximate surface area is 180 Å². The first-order valence-electron chi connectivity index (χ1n) is 9.61. The van der Waals surface area contributed by atoms with Gasteiger partial charge in [-0.2, -0.15) is 0 Å². The van der Waals surface area contributed by atoms with Crippen LogP contribution < -0.4 is 22.2 Å². The second-order valence-corrected chi connectivity index (χ2v) is 7.86. The minimum absolute atomic E-state index is 0.0735. The molecule has 0 spiro atoms. The molecule has 5 N–H and O–H groups in total. The summed E-state index contributed by atoms with van der Waals surface area (Å²) in [5, 5.41) is 12.5. The molecule has 10 heteroatoms. The van der Waals surface area contributed by atoms with Gasteiger partial charge in [0.05, 0.1) is 22.3 Å². The number of benzene rings is 2. The smallest absolute Gasteiger partial charge is 0.337 e. The van der Waals surface area contributed by atoms with Crippen molar-refractivity contribution in [3.8, 4) is 0 Å². The van der Waals surface area contributed by atoms with Gasteiger partial charge in [-0.25, -0.2) is 4.79 Å². The van der Waals surface area contributed by atoms with Crippen LogP contribution in [0.25, 0.3) is 11.0 Å². The number of nitrogens with zero attached hydrogens (tertiary/aromatic N) is 1. The molecule has 2 aromatic carbocycles. The molecule has 0 unspecified atom stereocenters. The van der Waals surface area contributed by atoms with Gasteiger partial charge in [0.2, 0.25) is 5.91 Å². The molecule has 9 nitrogen and oxygen atoms in total. The summed E-state index contributed by atoms with van der Waals surface area (Å²) >= 11 is 6.11. The lowest BCUT2D eigenvalue weighted by atomic mass is 9.96. The molecule has 0 aliphatic carbocycles. The number of aromatic nitrogens is 2. The number of halogens is 1. The zero-order valence-corrected chi connectivity index (χ0v) is 17.0. The van der Waals surface area contributed by atoms with E-state index >= 15 is 0 Å². The molecule has 1 aliphatic heterocycles. The number of anilines is 1. The van der Waals surface area contributed by atoms with E-state index in [0.717, 1.165) is 5.56 Å². The van der Waals surface area contributed by atoms with E-state index in [4.69, 9.17) is 17.3 Å². The number of aromatic carboxylic acids is 1. The van der Waals surface area contributed by atoms with Crippen molar-refractivity contribution in [3.63, 3.8) is 0 Å². The third kappa shape index (κ3) is 3.85. The summed E-state index contributed by atoms with van der Waals surface area (Å²) in [5.74, 6) is -1.66. The van der Waals surface area contributed by atoms with Gasteiger partial charge < -0.3 is 21.1 Å². The number of carboxylic acids is 1. The zero-order valence-electron chi connectivity index (χ0n) is 16.3. The van der Waals surface area contributed by atoms with Crippen LogP contribution >= 0.6 is 11.6 Å². The Balaban J connectivity index is 1.67. The van der Waals surface area contributed by atoms with Crippen LogP contribution in [-0.4, -0.2) is 26.5 Å². The average molecular weight is 443 g/mol. The van der Waals surface area contributed by atoms with Gasteiger partial charge in [-0.1, -0.05) is 17.7 Å². The maximum Gasteiger partial charge on any atom is 0.337 e. The standard InChI is InChI=1S/C21H19ClN4O5/c22-12-6-11-2-3-13(26-18(11)16(7-12)25-19(28)20(26)29)8-17(27)24-15-4-1-10(9-23)5-14(15)21(30)31/h1,4-7,13H,2-3,8-9,23H2,(H,24,27)(H,25,28)(H,30,31)/t13-/m0/s1. The van der Waals surface area contributed by atoms with E-state index in [9.17, 15) is 24.3 Å². The van der Waals surface area contributed by atoms with Crippen molar-refractivity contribution in [1.82, 2.24) is 9.55 Å². The summed E-state index contributed by atoms with van der Waals surface area (Å²) < 4.78 is 1.35. The van der Waals surface area contributed by atoms with Gasteiger partial charge in [-0.05, 0) is 48.2 Å². The molecule has 4 rings (SSSR count). The summed E-state index contributed by atoms with van der Waals surface area (Å²) in [5.41, 5.74) is 6.51. The van der Waals surface area contributed by atoms with Crippen LogP contribution in [0.1, 0.15) is 40.4 Å². The maximum atomic E-state index is 12.7. The van der Waals surface area contributed by atoms with Gasteiger partial charge in [-0.3, -0.25) is 19.0 Å². The van der Waals surface area contributed by atoms with E-state index in [1.54, 1.807) is 18.2 Å². The van der Waals surface area contributed by atoms with Gasteiger partial charge >= 0.3 is 17.1 Å². The summed E-state index contributed by atoms with van der Waals surface area (Å²) in [6.07, 6.45) is 0.932. The fourth-order valence-corrected chi connectivity index (χ4v) is 4.27. The van der Waals surface area contributed by atoms with Crippen molar-refractivity contribution in [1.29, 1.82) is 0 Å². The summed E-state index contributed by atoms with van der Waals surface area (Å²) in [4.78, 5) is 51.6. The number of carboxylic acid groups (broad SMARTS) is 1. The molecule has 1 aromatic heterocycles. The van der Waals surface area contributed by atoms with Crippen molar-refractivity contribution < 1.29 is 14.7 Å². The SMILES string of the molecule is NCc1ccc(NC(=O)C[C@@H]2CCc3cc(Cl)cc4[nH]c(=O)c(=O)n2c34)c(C(=O)O)c1. The zero-order chi connectivity index (χ0) is 22.3. The van der Waals surface area contributed by atoms with E-state index in [1.807, 2.05) is 0 Å². The number of hydrogen-bond donors (Lipinski definition) is 4. The Morgan fingerprint density at radius 2 is 2.03 bits per heavy atom. The second kappa shape index (κ2) is 8.01. The van der Waals surface area contributed by atoms with Crippen molar-refractivity contribution in [2.45, 2.75) is 31.8 Å². The topological polar surface area (TPSA) is 147 Å². The molecule has 0 radical (unpaired) electrons. The minimum Gasteiger partial charge on any atom is -0.478 e. The van der Waals surface area contributed by atoms with Crippen LogP contribution in [0, 0.1) is 0 Å². The molecule has 160 valence electrons. The van der Waals surface area contributed by atoms with Crippen molar-refractivity contribution in [2.75, 3.05) is 5.32 Å². The van der Waals surface area contributed by atoms with Gasteiger partial charge in [0.15, 0.2) is 0 Å². The normalized spacial score (nSPS) is 15.1. The van der Waals surface area contributed by atoms with Crippen molar-refractivity contribution >= 4 is 40.2 Å². The maximum absolute atomic E-state index is 12.7. The van der Waals surface area contributed by atoms with Gasteiger partial charge in [0.25, 0.3) is 0 Å². The second-order valence-electron chi connectivity index (χ2n) is 7.42. The lowest BCUT2D eigenvalue weighted by Gasteiger charge is -2.27. The highest BCUT2D eigenvalue weighted by atomic mass is 35.5. The fourth-order valence-electron chi connectivity index (χ4n) is 4.03. The van der Waals surface area contributed by atoms with E-state index < -0.39 is 29.0 Å². The minimum atomic E-state index is -1.19. The summed E-state index contributed by atoms with van der Waals surface area (Å²) in [6, 6.07) is 7.28. The fraction of sp³-hybridized carbons (Fsp3) is 0.238. The monoisotopic (exact) mass is 442 g/mol. The number of rotatable bonds is 5. The predicted octanol–water partition coefficient (Wildman–Crippen LogP) is 2.02. The van der Waals surface area contributed by atoms with Crippen molar-refractivity contribution in [2.24, 2.45) is 5.73 Å². The van der Waals surface area contributed by atoms with Crippen LogP contribution in [-0.2, 0) is 17.8 Å². The molecule has 3 aromatic rings. The molecule has 1 atom stereocenters. The highest BCUT2D eigenvalue weighted by Gasteiger charge is 2.27. The number of carbonyl (C=O) groups is 2. The lowest BCUT2D eigenvalue weighted by molar-refractivity contribution is -0.117. The molecule has 1 aliphatic rings. The average Bonchev–Trinajstić information content (AvgIpc) is 2.72. The Bertz CT molecular complexity index is 1340. The number of H-pyrrole nitrogens is 1.